The minimum absolute atomic E-state index is 0.0741. The molecule has 5 nitrogen and oxygen atoms in total. The van der Waals surface area contributed by atoms with Crippen LogP contribution in [0.1, 0.15) is 16.5 Å². The highest BCUT2D eigenvalue weighted by Crippen LogP contribution is 2.30. The Bertz CT molecular complexity index is 683. The first-order valence-electron chi connectivity index (χ1n) is 6.87. The summed E-state index contributed by atoms with van der Waals surface area (Å²) < 4.78 is 34.9. The molecule has 1 aromatic carbocycles. The molecule has 0 fully saturated rings. The largest absolute Gasteiger partial charge is 0.371 e. The smallest absolute Gasteiger partial charge is 0.294 e. The summed E-state index contributed by atoms with van der Waals surface area (Å²) in [5, 5.41) is 5.30. The quantitative estimate of drug-likeness (QED) is 0.839. The summed E-state index contributed by atoms with van der Waals surface area (Å²) in [6, 6.07) is 9.64. The third-order valence-corrected chi connectivity index (χ3v) is 5.11. The molecule has 1 aromatic heterocycles. The molecule has 1 atom stereocenters. The fourth-order valence-corrected chi connectivity index (χ4v) is 3.66. The van der Waals surface area contributed by atoms with Gasteiger partial charge < -0.3 is 10.1 Å². The number of ether oxygens (including phenoxy) is 1. The van der Waals surface area contributed by atoms with Crippen molar-refractivity contribution < 1.29 is 17.7 Å². The molecule has 1 unspecified atom stereocenters. The Balaban J connectivity index is 0.000000164. The molecular formula is C15H19NO4S2. The maximum atomic E-state index is 10.4. The molecule has 0 saturated carbocycles. The van der Waals surface area contributed by atoms with E-state index < -0.39 is 10.1 Å². The molecule has 7 heteroatoms. The molecule has 2 N–H and O–H groups in total. The Kier molecular flexibility index (Phi) is 6.10. The first-order chi connectivity index (χ1) is 10.5. The molecular weight excluding hydrogens is 322 g/mol. The van der Waals surface area contributed by atoms with Crippen molar-refractivity contribution in [2.24, 2.45) is 0 Å². The van der Waals surface area contributed by atoms with E-state index in [1.807, 2.05) is 18.4 Å². The maximum absolute atomic E-state index is 10.4. The molecule has 0 radical (unpaired) electrons. The van der Waals surface area contributed by atoms with Crippen LogP contribution in [0.3, 0.4) is 0 Å². The molecule has 0 amide bonds. The molecule has 1 aliphatic heterocycles. The summed E-state index contributed by atoms with van der Waals surface area (Å²) in [5.74, 6) is 0. The second-order valence-electron chi connectivity index (χ2n) is 4.77. The van der Waals surface area contributed by atoms with Gasteiger partial charge in [0.25, 0.3) is 10.1 Å². The minimum atomic E-state index is -4.00. The monoisotopic (exact) mass is 341 g/mol. The Morgan fingerprint density at radius 3 is 2.64 bits per heavy atom. The zero-order valence-corrected chi connectivity index (χ0v) is 13.9. The van der Waals surface area contributed by atoms with Gasteiger partial charge in [0.1, 0.15) is 6.10 Å². The summed E-state index contributed by atoms with van der Waals surface area (Å²) in [6.07, 6.45) is 1.37. The number of likely N-dealkylation sites (N-methyl/N-ethyl adjacent to an activating group) is 1. The second-order valence-corrected chi connectivity index (χ2v) is 7.13. The van der Waals surface area contributed by atoms with Crippen LogP contribution in [0.25, 0.3) is 0 Å². The Morgan fingerprint density at radius 2 is 2.05 bits per heavy atom. The fourth-order valence-electron chi connectivity index (χ4n) is 2.15. The number of hydrogen-bond donors (Lipinski definition) is 2. The van der Waals surface area contributed by atoms with Gasteiger partial charge in [0.2, 0.25) is 0 Å². The van der Waals surface area contributed by atoms with E-state index in [1.165, 1.54) is 22.6 Å². The lowest BCUT2D eigenvalue weighted by Crippen LogP contribution is -2.23. The molecule has 0 saturated heterocycles. The summed E-state index contributed by atoms with van der Waals surface area (Å²) in [5.41, 5.74) is 1.48. The van der Waals surface area contributed by atoms with Gasteiger partial charge in [0.15, 0.2) is 0 Å². The van der Waals surface area contributed by atoms with Gasteiger partial charge in [-0.1, -0.05) is 18.2 Å². The number of rotatable bonds is 3. The average molecular weight is 341 g/mol. The fraction of sp³-hybridized carbons (Fsp3) is 0.333. The van der Waals surface area contributed by atoms with Crippen LogP contribution in [0.5, 0.6) is 0 Å². The van der Waals surface area contributed by atoms with E-state index in [2.05, 4.69) is 16.8 Å². The maximum Gasteiger partial charge on any atom is 0.294 e. The zero-order valence-electron chi connectivity index (χ0n) is 12.2. The van der Waals surface area contributed by atoms with Gasteiger partial charge in [-0.3, -0.25) is 4.55 Å². The Morgan fingerprint density at radius 1 is 1.32 bits per heavy atom. The van der Waals surface area contributed by atoms with E-state index in [4.69, 9.17) is 9.29 Å². The molecule has 0 spiro atoms. The first-order valence-corrected chi connectivity index (χ1v) is 9.19. The lowest BCUT2D eigenvalue weighted by atomic mass is 10.1. The van der Waals surface area contributed by atoms with Crippen LogP contribution in [-0.4, -0.2) is 33.2 Å². The highest BCUT2D eigenvalue weighted by molar-refractivity contribution is 7.85. The predicted molar refractivity (Wildman–Crippen MR) is 86.9 cm³/mol. The van der Waals surface area contributed by atoms with Crippen LogP contribution < -0.4 is 5.32 Å². The topological polar surface area (TPSA) is 75.6 Å². The average Bonchev–Trinajstić information content (AvgIpc) is 2.98. The van der Waals surface area contributed by atoms with Crippen LogP contribution in [0.15, 0.2) is 46.7 Å². The third kappa shape index (κ3) is 4.62. The van der Waals surface area contributed by atoms with Gasteiger partial charge >= 0.3 is 0 Å². The van der Waals surface area contributed by atoms with Crippen LogP contribution >= 0.6 is 11.3 Å². The van der Waals surface area contributed by atoms with Crippen LogP contribution in [0.4, 0.5) is 0 Å². The van der Waals surface area contributed by atoms with Crippen LogP contribution in [0, 0.1) is 0 Å². The van der Waals surface area contributed by atoms with Crippen molar-refractivity contribution in [1.29, 1.82) is 0 Å². The van der Waals surface area contributed by atoms with Crippen molar-refractivity contribution in [1.82, 2.24) is 5.32 Å². The van der Waals surface area contributed by atoms with E-state index in [0.717, 1.165) is 19.6 Å². The van der Waals surface area contributed by atoms with Crippen molar-refractivity contribution in [3.63, 3.8) is 0 Å². The minimum Gasteiger partial charge on any atom is -0.371 e. The lowest BCUT2D eigenvalue weighted by molar-refractivity contribution is 0.0469. The Hall–Kier alpha value is -1.25. The summed E-state index contributed by atoms with van der Waals surface area (Å²) in [6.45, 7) is 1.80. The second kappa shape index (κ2) is 7.85. The van der Waals surface area contributed by atoms with Crippen LogP contribution in [-0.2, 0) is 21.3 Å². The third-order valence-electron chi connectivity index (χ3n) is 3.19. The van der Waals surface area contributed by atoms with Crippen LogP contribution in [0.2, 0.25) is 0 Å². The van der Waals surface area contributed by atoms with Crippen molar-refractivity contribution in [2.45, 2.75) is 17.4 Å². The van der Waals surface area contributed by atoms with E-state index >= 15 is 0 Å². The van der Waals surface area contributed by atoms with Crippen molar-refractivity contribution in [3.05, 3.63) is 52.2 Å². The highest BCUT2D eigenvalue weighted by atomic mass is 32.2. The lowest BCUT2D eigenvalue weighted by Gasteiger charge is -2.22. The first kappa shape index (κ1) is 17.1. The summed E-state index contributed by atoms with van der Waals surface area (Å²) in [4.78, 5) is 1.34. The molecule has 22 heavy (non-hydrogen) atoms. The van der Waals surface area contributed by atoms with Gasteiger partial charge in [-0.25, -0.2) is 0 Å². The normalized spacial score (nSPS) is 17.3. The summed E-state index contributed by atoms with van der Waals surface area (Å²) >= 11 is 1.81. The zero-order chi connectivity index (χ0) is 16.0. The van der Waals surface area contributed by atoms with Crippen molar-refractivity contribution >= 4 is 21.5 Å². The molecule has 3 rings (SSSR count). The van der Waals surface area contributed by atoms with Gasteiger partial charge in [0.05, 0.1) is 11.5 Å². The van der Waals surface area contributed by atoms with Crippen molar-refractivity contribution in [3.8, 4) is 0 Å². The predicted octanol–water partition coefficient (Wildman–Crippen LogP) is 2.51. The van der Waals surface area contributed by atoms with E-state index in [1.54, 1.807) is 18.2 Å². The number of fused-ring (bicyclic) bond motifs is 1. The number of benzene rings is 1. The molecule has 1 aliphatic rings. The van der Waals surface area contributed by atoms with Gasteiger partial charge in [-0.05, 0) is 42.6 Å². The number of hydrogen-bond acceptors (Lipinski definition) is 5. The Labute approximate surface area is 134 Å². The molecule has 120 valence electrons. The standard InChI is InChI=1S/C9H13NOS.C6H6O3S/c1-10-6-8-9-7(2-4-11-8)3-5-12-9;7-10(8,9)6-4-2-1-3-5-6/h3,5,8,10H,2,4,6H2,1H3;1-5H,(H,7,8,9). The molecule has 0 aliphatic carbocycles. The molecule has 2 heterocycles. The number of nitrogens with one attached hydrogen (secondary N) is 1. The van der Waals surface area contributed by atoms with Gasteiger partial charge in [0, 0.05) is 11.4 Å². The SMILES string of the molecule is CNCC1OCCc2ccsc21.O=S(=O)(O)c1ccccc1. The highest BCUT2D eigenvalue weighted by Gasteiger charge is 2.20. The molecule has 2 aromatic rings. The number of thiophene rings is 1. The van der Waals surface area contributed by atoms with E-state index in [-0.39, 0.29) is 4.90 Å². The van der Waals surface area contributed by atoms with E-state index in [9.17, 15) is 8.42 Å². The van der Waals surface area contributed by atoms with Crippen molar-refractivity contribution in [2.75, 3.05) is 20.2 Å². The van der Waals surface area contributed by atoms with Gasteiger partial charge in [-0.15, -0.1) is 11.3 Å². The molecule has 0 bridgehead atoms. The van der Waals surface area contributed by atoms with Gasteiger partial charge in [-0.2, -0.15) is 8.42 Å². The van der Waals surface area contributed by atoms with E-state index in [0.29, 0.717) is 6.10 Å². The summed E-state index contributed by atoms with van der Waals surface area (Å²) in [7, 11) is -2.04.